The summed E-state index contributed by atoms with van der Waals surface area (Å²) in [5.74, 6) is 0.973. The summed E-state index contributed by atoms with van der Waals surface area (Å²) in [7, 11) is 0. The van der Waals surface area contributed by atoms with Gasteiger partial charge >= 0.3 is 0 Å². The summed E-state index contributed by atoms with van der Waals surface area (Å²) in [6.07, 6.45) is 1.03. The molecule has 0 bridgehead atoms. The van der Waals surface area contributed by atoms with Crippen LogP contribution in [0.25, 0.3) is 22.6 Å². The number of hydrogen-bond donors (Lipinski definition) is 2. The number of carbonyl (C=O) groups is 1. The fourth-order valence-corrected chi connectivity index (χ4v) is 3.69. The molecule has 0 saturated carbocycles. The van der Waals surface area contributed by atoms with Gasteiger partial charge in [0.25, 0.3) is 5.91 Å². The summed E-state index contributed by atoms with van der Waals surface area (Å²) in [6, 6.07) is 18.7. The van der Waals surface area contributed by atoms with Crippen LogP contribution in [0.3, 0.4) is 0 Å². The lowest BCUT2D eigenvalue weighted by Gasteiger charge is -2.14. The molecular formula is C27H27N3O3S. The van der Waals surface area contributed by atoms with Gasteiger partial charge in [0.2, 0.25) is 5.89 Å². The molecule has 174 valence electrons. The number of rotatable bonds is 6. The number of benzene rings is 3. The molecule has 7 heteroatoms. The van der Waals surface area contributed by atoms with E-state index in [9.17, 15) is 4.79 Å². The monoisotopic (exact) mass is 473 g/mol. The van der Waals surface area contributed by atoms with Crippen LogP contribution in [-0.2, 0) is 0 Å². The predicted octanol–water partition coefficient (Wildman–Crippen LogP) is 6.42. The van der Waals surface area contributed by atoms with Crippen LogP contribution in [0.2, 0.25) is 0 Å². The van der Waals surface area contributed by atoms with Crippen molar-refractivity contribution in [3.8, 4) is 17.2 Å². The maximum Gasteiger partial charge on any atom is 0.257 e. The van der Waals surface area contributed by atoms with E-state index in [2.05, 4.69) is 22.5 Å². The van der Waals surface area contributed by atoms with Crippen LogP contribution in [-0.4, -0.2) is 22.1 Å². The Kier molecular flexibility index (Phi) is 6.93. The van der Waals surface area contributed by atoms with Gasteiger partial charge in [-0.3, -0.25) is 10.1 Å². The second-order valence-electron chi connectivity index (χ2n) is 8.24. The zero-order valence-electron chi connectivity index (χ0n) is 19.6. The van der Waals surface area contributed by atoms with Crippen LogP contribution in [0.5, 0.6) is 5.75 Å². The molecule has 1 heterocycles. The van der Waals surface area contributed by atoms with E-state index >= 15 is 0 Å². The molecule has 0 aliphatic heterocycles. The van der Waals surface area contributed by atoms with Gasteiger partial charge in [0.05, 0.1) is 6.10 Å². The maximum absolute atomic E-state index is 12.6. The van der Waals surface area contributed by atoms with Gasteiger partial charge in [0.15, 0.2) is 10.7 Å². The summed E-state index contributed by atoms with van der Waals surface area (Å²) >= 11 is 5.39. The number of fused-ring (bicyclic) bond motifs is 1. The van der Waals surface area contributed by atoms with Crippen LogP contribution in [0.4, 0.5) is 5.69 Å². The molecule has 0 spiro atoms. The number of hydrogen-bond acceptors (Lipinski definition) is 5. The van der Waals surface area contributed by atoms with Gasteiger partial charge in [-0.25, -0.2) is 4.98 Å². The van der Waals surface area contributed by atoms with Crippen molar-refractivity contribution in [3.63, 3.8) is 0 Å². The molecule has 2 N–H and O–H groups in total. The number of amides is 1. The molecule has 1 atom stereocenters. The Bertz CT molecular complexity index is 1350. The predicted molar refractivity (Wildman–Crippen MR) is 139 cm³/mol. The van der Waals surface area contributed by atoms with E-state index in [4.69, 9.17) is 21.4 Å². The summed E-state index contributed by atoms with van der Waals surface area (Å²) < 4.78 is 11.7. The Labute approximate surface area is 204 Å². The first-order valence-corrected chi connectivity index (χ1v) is 11.6. The number of aromatic nitrogens is 1. The molecule has 1 aromatic heterocycles. The minimum Gasteiger partial charge on any atom is -0.491 e. The highest BCUT2D eigenvalue weighted by atomic mass is 32.1. The van der Waals surface area contributed by atoms with Crippen LogP contribution in [0, 0.1) is 13.8 Å². The summed E-state index contributed by atoms with van der Waals surface area (Å²) in [5, 5.41) is 6.05. The molecule has 0 radical (unpaired) electrons. The second kappa shape index (κ2) is 10.1. The number of thiocarbonyl (C=S) groups is 1. The normalized spacial score (nSPS) is 11.8. The number of ether oxygens (including phenoxy) is 1. The van der Waals surface area contributed by atoms with Crippen molar-refractivity contribution >= 4 is 40.0 Å². The number of nitrogens with zero attached hydrogens (tertiary/aromatic N) is 1. The lowest BCUT2D eigenvalue weighted by molar-refractivity contribution is 0.0977. The Morgan fingerprint density at radius 2 is 1.88 bits per heavy atom. The quantitative estimate of drug-likeness (QED) is 0.315. The topological polar surface area (TPSA) is 76.4 Å². The highest BCUT2D eigenvalue weighted by Crippen LogP contribution is 2.30. The van der Waals surface area contributed by atoms with Gasteiger partial charge in [0.1, 0.15) is 11.3 Å². The van der Waals surface area contributed by atoms with E-state index in [1.807, 2.05) is 57.2 Å². The molecule has 0 fully saturated rings. The molecule has 0 aliphatic rings. The van der Waals surface area contributed by atoms with E-state index in [-0.39, 0.29) is 17.1 Å². The van der Waals surface area contributed by atoms with Crippen molar-refractivity contribution in [1.82, 2.24) is 10.3 Å². The highest BCUT2D eigenvalue weighted by Gasteiger charge is 2.15. The Morgan fingerprint density at radius 3 is 2.62 bits per heavy atom. The fraction of sp³-hybridized carbons (Fsp3) is 0.222. The van der Waals surface area contributed by atoms with E-state index < -0.39 is 0 Å². The first kappa shape index (κ1) is 23.4. The Morgan fingerprint density at radius 1 is 1.12 bits per heavy atom. The van der Waals surface area contributed by atoms with E-state index in [1.165, 1.54) is 0 Å². The van der Waals surface area contributed by atoms with Crippen molar-refractivity contribution in [2.24, 2.45) is 0 Å². The largest absolute Gasteiger partial charge is 0.491 e. The summed E-state index contributed by atoms with van der Waals surface area (Å²) in [4.78, 5) is 17.3. The van der Waals surface area contributed by atoms with E-state index in [1.54, 1.807) is 24.3 Å². The highest BCUT2D eigenvalue weighted by molar-refractivity contribution is 7.80. The number of carbonyl (C=O) groups excluding carboxylic acids is 1. The molecule has 4 rings (SSSR count). The number of anilines is 1. The minimum absolute atomic E-state index is 0.120. The molecule has 4 aromatic rings. The lowest BCUT2D eigenvalue weighted by atomic mass is 10.1. The maximum atomic E-state index is 12.6. The van der Waals surface area contributed by atoms with Gasteiger partial charge in [-0.1, -0.05) is 19.1 Å². The molecule has 0 aliphatic carbocycles. The van der Waals surface area contributed by atoms with Gasteiger partial charge in [0, 0.05) is 16.8 Å². The van der Waals surface area contributed by atoms with Gasteiger partial charge in [-0.2, -0.15) is 0 Å². The average Bonchev–Trinajstić information content (AvgIpc) is 3.23. The molecule has 34 heavy (non-hydrogen) atoms. The average molecular weight is 474 g/mol. The number of oxazole rings is 1. The first-order chi connectivity index (χ1) is 16.3. The molecule has 1 amide bonds. The van der Waals surface area contributed by atoms with Crippen LogP contribution in [0.1, 0.15) is 41.8 Å². The van der Waals surface area contributed by atoms with E-state index in [0.717, 1.165) is 45.6 Å². The zero-order valence-corrected chi connectivity index (χ0v) is 20.5. The third-order valence-corrected chi connectivity index (χ3v) is 5.82. The fourth-order valence-electron chi connectivity index (χ4n) is 3.48. The zero-order chi connectivity index (χ0) is 24.2. The molecule has 3 aromatic carbocycles. The first-order valence-electron chi connectivity index (χ1n) is 11.2. The van der Waals surface area contributed by atoms with E-state index in [0.29, 0.717) is 11.5 Å². The SMILES string of the molecule is CC[C@H](C)Oc1ccc(C(=O)NC(=S)Nc2cccc(-c3nc4cc(C)ccc4o3)c2C)cc1. The number of nitrogens with one attached hydrogen (secondary N) is 2. The van der Waals surface area contributed by atoms with Crippen molar-refractivity contribution in [1.29, 1.82) is 0 Å². The standard InChI is InChI=1S/C27H27N3O3S/c1-5-17(3)32-20-12-10-19(11-13-20)25(31)30-27(34)29-22-8-6-7-21(18(22)4)26-28-23-15-16(2)9-14-24(23)33-26/h6-15,17H,5H2,1-4H3,(H2,29,30,31,34)/t17-/m0/s1. The third kappa shape index (κ3) is 5.26. The van der Waals surface area contributed by atoms with Crippen molar-refractivity contribution < 1.29 is 13.9 Å². The van der Waals surface area contributed by atoms with Gasteiger partial charge < -0.3 is 14.5 Å². The smallest absolute Gasteiger partial charge is 0.257 e. The van der Waals surface area contributed by atoms with Crippen molar-refractivity contribution in [2.45, 2.75) is 40.2 Å². The Balaban J connectivity index is 1.45. The molecule has 0 unspecified atom stereocenters. The second-order valence-corrected chi connectivity index (χ2v) is 8.65. The summed E-state index contributed by atoms with van der Waals surface area (Å²) in [5.41, 5.74) is 5.70. The van der Waals surface area contributed by atoms with Gasteiger partial charge in [-0.05, 0) is 99.1 Å². The summed E-state index contributed by atoms with van der Waals surface area (Å²) in [6.45, 7) is 8.05. The molecule has 6 nitrogen and oxygen atoms in total. The number of aryl methyl sites for hydroxylation is 1. The van der Waals surface area contributed by atoms with Crippen LogP contribution < -0.4 is 15.4 Å². The van der Waals surface area contributed by atoms with Crippen LogP contribution >= 0.6 is 12.2 Å². The van der Waals surface area contributed by atoms with Crippen LogP contribution in [0.15, 0.2) is 65.1 Å². The lowest BCUT2D eigenvalue weighted by Crippen LogP contribution is -2.34. The molecule has 0 saturated heterocycles. The van der Waals surface area contributed by atoms with Gasteiger partial charge in [-0.15, -0.1) is 0 Å². The Hall–Kier alpha value is -3.71. The van der Waals surface area contributed by atoms with Crippen molar-refractivity contribution in [2.75, 3.05) is 5.32 Å². The molecular weight excluding hydrogens is 446 g/mol. The minimum atomic E-state index is -0.296. The van der Waals surface area contributed by atoms with Crippen molar-refractivity contribution in [3.05, 3.63) is 77.4 Å². The third-order valence-electron chi connectivity index (χ3n) is 5.61.